The van der Waals surface area contributed by atoms with Gasteiger partial charge in [-0.05, 0) is 120 Å². The van der Waals surface area contributed by atoms with Gasteiger partial charge in [0.2, 0.25) is 0 Å². The molecular weight excluding hydrogens is 725 g/mol. The number of anilines is 3. The molecule has 0 amide bonds. The normalized spacial score (nSPS) is 15.4. The molecule has 1 aromatic heterocycles. The van der Waals surface area contributed by atoms with Crippen LogP contribution in [0.2, 0.25) is 0 Å². The van der Waals surface area contributed by atoms with Gasteiger partial charge < -0.3 is 9.47 Å². The first-order valence-corrected chi connectivity index (χ1v) is 21.4. The molecule has 0 aliphatic heterocycles. The molecule has 10 rings (SSSR count). The van der Waals surface area contributed by atoms with Crippen LogP contribution < -0.4 is 4.90 Å². The Bertz CT molecular complexity index is 2900. The zero-order valence-corrected chi connectivity index (χ0v) is 34.7. The minimum Gasteiger partial charge on any atom is -0.313 e. The molecule has 0 saturated heterocycles. The van der Waals surface area contributed by atoms with Gasteiger partial charge in [0, 0.05) is 44.9 Å². The van der Waals surface area contributed by atoms with Crippen LogP contribution in [0.4, 0.5) is 17.1 Å². The van der Waals surface area contributed by atoms with Crippen LogP contribution in [0.15, 0.2) is 217 Å². The van der Waals surface area contributed by atoms with Crippen LogP contribution in [0.25, 0.3) is 49.8 Å². The van der Waals surface area contributed by atoms with Crippen molar-refractivity contribution in [2.75, 3.05) is 4.90 Å². The Morgan fingerprint density at radius 2 is 1.10 bits per heavy atom. The van der Waals surface area contributed by atoms with Gasteiger partial charge in [0.1, 0.15) is 0 Å². The van der Waals surface area contributed by atoms with Crippen LogP contribution in [0.3, 0.4) is 0 Å². The lowest BCUT2D eigenvalue weighted by Crippen LogP contribution is -2.24. The summed E-state index contributed by atoms with van der Waals surface area (Å²) in [5.74, 6) is 0.321. The first kappa shape index (κ1) is 37.4. The van der Waals surface area contributed by atoms with Crippen molar-refractivity contribution in [3.8, 4) is 22.3 Å². The van der Waals surface area contributed by atoms with E-state index in [4.69, 9.17) is 0 Å². The summed E-state index contributed by atoms with van der Waals surface area (Å²) in [4.78, 5) is 2.40. The molecule has 60 heavy (non-hydrogen) atoms. The van der Waals surface area contributed by atoms with Crippen molar-refractivity contribution in [1.82, 2.24) is 4.57 Å². The number of aryl methyl sites for hydroxylation is 1. The number of hydrogen-bond donors (Lipinski definition) is 0. The minimum absolute atomic E-state index is 0.165. The Morgan fingerprint density at radius 1 is 0.567 bits per heavy atom. The van der Waals surface area contributed by atoms with E-state index in [9.17, 15) is 0 Å². The van der Waals surface area contributed by atoms with Crippen LogP contribution in [-0.2, 0) is 5.41 Å². The number of fused-ring (bicyclic) bond motifs is 3. The van der Waals surface area contributed by atoms with E-state index in [1.165, 1.54) is 72.0 Å². The summed E-state index contributed by atoms with van der Waals surface area (Å²) in [6.07, 6.45) is 15.1. The second-order valence-corrected chi connectivity index (χ2v) is 16.9. The predicted octanol–water partition coefficient (Wildman–Crippen LogP) is 15.9. The third-order valence-corrected chi connectivity index (χ3v) is 12.9. The van der Waals surface area contributed by atoms with Crippen molar-refractivity contribution < 1.29 is 0 Å². The number of nitrogens with zero attached hydrogens (tertiary/aromatic N) is 2. The fraction of sp³-hybridized carbons (Fsp3) is 0.138. The van der Waals surface area contributed by atoms with E-state index >= 15 is 0 Å². The Hall–Kier alpha value is -6.90. The molecule has 2 aliphatic carbocycles. The van der Waals surface area contributed by atoms with E-state index in [0.29, 0.717) is 5.92 Å². The van der Waals surface area contributed by atoms with Gasteiger partial charge in [0.25, 0.3) is 0 Å². The standard InChI is InChI=1S/C58H50N2/c1-41-28-35-52(59(49-21-8-5-9-22-49)50-36-33-45(34-37-50)44-31-29-43(30-32-44)42-16-6-4-7-17-42)40-55(41)58(2,3)48-20-14-18-46(38-48)47-19-15-23-51(39-47)60-56-26-12-10-24-53(56)54-25-11-13-27-57(54)60/h4-13,15-19,21-38,40,47H,14,20,39H2,1-3H3. The molecular formula is C58H50N2. The molecule has 0 saturated carbocycles. The Balaban J connectivity index is 0.942. The summed E-state index contributed by atoms with van der Waals surface area (Å²) in [6, 6.07) is 64.0. The number of allylic oxidation sites excluding steroid dienone is 8. The second-order valence-electron chi connectivity index (χ2n) is 16.9. The average Bonchev–Trinajstić information content (AvgIpc) is 3.65. The lowest BCUT2D eigenvalue weighted by molar-refractivity contribution is 0.580. The first-order valence-electron chi connectivity index (χ1n) is 21.4. The molecule has 1 heterocycles. The molecule has 0 spiro atoms. The van der Waals surface area contributed by atoms with Crippen molar-refractivity contribution >= 4 is 44.6 Å². The van der Waals surface area contributed by atoms with E-state index in [-0.39, 0.29) is 5.41 Å². The molecule has 2 heteroatoms. The molecule has 1 unspecified atom stereocenters. The number of benzene rings is 7. The highest BCUT2D eigenvalue weighted by Gasteiger charge is 2.31. The topological polar surface area (TPSA) is 8.17 Å². The van der Waals surface area contributed by atoms with Crippen molar-refractivity contribution in [1.29, 1.82) is 0 Å². The summed E-state index contributed by atoms with van der Waals surface area (Å²) in [5.41, 5.74) is 17.7. The monoisotopic (exact) mass is 774 g/mol. The molecule has 0 bridgehead atoms. The lowest BCUT2D eigenvalue weighted by Gasteiger charge is -2.35. The van der Waals surface area contributed by atoms with E-state index in [1.807, 2.05) is 0 Å². The molecule has 1 atom stereocenters. The number of aromatic nitrogens is 1. The summed E-state index contributed by atoms with van der Waals surface area (Å²) in [6.45, 7) is 7.13. The Morgan fingerprint density at radius 3 is 1.75 bits per heavy atom. The average molecular weight is 775 g/mol. The molecule has 0 N–H and O–H groups in total. The van der Waals surface area contributed by atoms with Gasteiger partial charge in [-0.1, -0.05) is 171 Å². The summed E-state index contributed by atoms with van der Waals surface area (Å²) in [5, 5.41) is 2.62. The Labute approximate surface area is 354 Å². The highest BCUT2D eigenvalue weighted by molar-refractivity contribution is 6.10. The van der Waals surface area contributed by atoms with Crippen LogP contribution in [-0.4, -0.2) is 4.57 Å². The number of hydrogen-bond acceptors (Lipinski definition) is 1. The molecule has 292 valence electrons. The van der Waals surface area contributed by atoms with Crippen LogP contribution in [0.1, 0.15) is 44.2 Å². The fourth-order valence-corrected chi connectivity index (χ4v) is 9.68. The maximum Gasteiger partial charge on any atom is 0.0537 e. The van der Waals surface area contributed by atoms with E-state index in [0.717, 1.165) is 36.3 Å². The number of para-hydroxylation sites is 3. The minimum atomic E-state index is -0.165. The predicted molar refractivity (Wildman–Crippen MR) is 256 cm³/mol. The number of rotatable bonds is 9. The van der Waals surface area contributed by atoms with Crippen LogP contribution in [0.5, 0.6) is 0 Å². The maximum atomic E-state index is 2.54. The Kier molecular flexibility index (Phi) is 9.78. The third kappa shape index (κ3) is 6.92. The van der Waals surface area contributed by atoms with Gasteiger partial charge in [0.05, 0.1) is 11.0 Å². The van der Waals surface area contributed by atoms with E-state index in [2.05, 4.69) is 237 Å². The van der Waals surface area contributed by atoms with Gasteiger partial charge in [-0.3, -0.25) is 0 Å². The van der Waals surface area contributed by atoms with E-state index in [1.54, 1.807) is 0 Å². The summed E-state index contributed by atoms with van der Waals surface area (Å²) >= 11 is 0. The SMILES string of the molecule is Cc1ccc(N(c2ccccc2)c2ccc(-c3ccc(-c4ccccc4)cc3)cc2)cc1C(C)(C)C1=CC(C2C=CC=C(n3c4ccccc4c4ccccc43)C2)=CCC1. The van der Waals surface area contributed by atoms with E-state index < -0.39 is 0 Å². The van der Waals surface area contributed by atoms with Crippen LogP contribution >= 0.6 is 0 Å². The van der Waals surface area contributed by atoms with Crippen molar-refractivity contribution in [2.24, 2.45) is 5.92 Å². The van der Waals surface area contributed by atoms with Crippen molar-refractivity contribution in [2.45, 2.75) is 45.4 Å². The molecule has 7 aromatic carbocycles. The van der Waals surface area contributed by atoms with Crippen molar-refractivity contribution in [3.05, 3.63) is 229 Å². The largest absolute Gasteiger partial charge is 0.313 e. The quantitative estimate of drug-likeness (QED) is 0.142. The summed E-state index contributed by atoms with van der Waals surface area (Å²) < 4.78 is 2.49. The summed E-state index contributed by atoms with van der Waals surface area (Å²) in [7, 11) is 0. The zero-order chi connectivity index (χ0) is 40.6. The molecule has 0 fully saturated rings. The van der Waals surface area contributed by atoms with Gasteiger partial charge in [0.15, 0.2) is 0 Å². The highest BCUT2D eigenvalue weighted by atomic mass is 15.1. The highest BCUT2D eigenvalue weighted by Crippen LogP contribution is 2.45. The molecule has 2 aliphatic rings. The van der Waals surface area contributed by atoms with Gasteiger partial charge in [-0.15, -0.1) is 0 Å². The van der Waals surface area contributed by atoms with Gasteiger partial charge >= 0.3 is 0 Å². The third-order valence-electron chi connectivity index (χ3n) is 12.9. The molecule has 2 nitrogen and oxygen atoms in total. The second kappa shape index (κ2) is 15.7. The maximum absolute atomic E-state index is 2.54. The fourth-order valence-electron chi connectivity index (χ4n) is 9.68. The molecule has 8 aromatic rings. The first-order chi connectivity index (χ1) is 29.4. The van der Waals surface area contributed by atoms with Crippen LogP contribution in [0, 0.1) is 12.8 Å². The zero-order valence-electron chi connectivity index (χ0n) is 34.7. The van der Waals surface area contributed by atoms with Gasteiger partial charge in [-0.2, -0.15) is 0 Å². The smallest absolute Gasteiger partial charge is 0.0537 e. The van der Waals surface area contributed by atoms with Crippen molar-refractivity contribution in [3.63, 3.8) is 0 Å². The lowest BCUT2D eigenvalue weighted by atomic mass is 9.71. The van der Waals surface area contributed by atoms with Gasteiger partial charge in [-0.25, -0.2) is 0 Å². The molecule has 0 radical (unpaired) electrons.